The Labute approximate surface area is 111 Å². The Hall–Kier alpha value is -2.49. The summed E-state index contributed by atoms with van der Waals surface area (Å²) in [6.07, 6.45) is 0.292. The van der Waals surface area contributed by atoms with Crippen LogP contribution in [0, 0.1) is 6.92 Å². The number of phenols is 1. The number of carbonyl (C=O) groups is 1. The van der Waals surface area contributed by atoms with Crippen LogP contribution >= 0.6 is 0 Å². The van der Waals surface area contributed by atoms with Gasteiger partial charge >= 0.3 is 0 Å². The number of nitrogens with two attached hydrogens (primary N) is 1. The SMILES string of the molecule is Cc1cc(O)ccc1NC(=O)Cc1ccc(N)cc1. The Kier molecular flexibility index (Phi) is 3.71. The Balaban J connectivity index is 2.03. The maximum absolute atomic E-state index is 11.9. The van der Waals surface area contributed by atoms with Gasteiger partial charge in [-0.15, -0.1) is 0 Å². The maximum Gasteiger partial charge on any atom is 0.228 e. The minimum Gasteiger partial charge on any atom is -0.508 e. The van der Waals surface area contributed by atoms with E-state index in [9.17, 15) is 9.90 Å². The molecule has 0 aliphatic carbocycles. The number of amides is 1. The Morgan fingerprint density at radius 1 is 1.21 bits per heavy atom. The normalized spacial score (nSPS) is 10.2. The van der Waals surface area contributed by atoms with Crippen molar-refractivity contribution in [2.24, 2.45) is 0 Å². The number of benzene rings is 2. The van der Waals surface area contributed by atoms with E-state index in [4.69, 9.17) is 5.73 Å². The second-order valence-electron chi connectivity index (χ2n) is 4.47. The topological polar surface area (TPSA) is 75.3 Å². The van der Waals surface area contributed by atoms with Gasteiger partial charge in [-0.1, -0.05) is 12.1 Å². The lowest BCUT2D eigenvalue weighted by Crippen LogP contribution is -2.15. The van der Waals surface area contributed by atoms with Crippen molar-refractivity contribution in [3.8, 4) is 5.75 Å². The maximum atomic E-state index is 11.9. The standard InChI is InChI=1S/C15H16N2O2/c1-10-8-13(18)6-7-14(10)17-15(19)9-11-2-4-12(16)5-3-11/h2-8,18H,9,16H2,1H3,(H,17,19). The lowest BCUT2D eigenvalue weighted by atomic mass is 10.1. The summed E-state index contributed by atoms with van der Waals surface area (Å²) in [7, 11) is 0. The van der Waals surface area contributed by atoms with E-state index in [1.54, 1.807) is 30.3 Å². The van der Waals surface area contributed by atoms with Gasteiger partial charge in [0.2, 0.25) is 5.91 Å². The van der Waals surface area contributed by atoms with Crippen LogP contribution < -0.4 is 11.1 Å². The molecule has 4 N–H and O–H groups in total. The third-order valence-corrected chi connectivity index (χ3v) is 2.83. The predicted molar refractivity (Wildman–Crippen MR) is 76.0 cm³/mol. The number of anilines is 2. The number of phenolic OH excluding ortho intramolecular Hbond substituents is 1. The van der Waals surface area contributed by atoms with Crippen LogP contribution in [0.25, 0.3) is 0 Å². The average Bonchev–Trinajstić information content (AvgIpc) is 2.36. The highest BCUT2D eigenvalue weighted by atomic mass is 16.3. The Bertz CT molecular complexity index is 592. The minimum atomic E-state index is -0.0986. The van der Waals surface area contributed by atoms with E-state index in [0.29, 0.717) is 17.8 Å². The molecule has 0 saturated heterocycles. The molecule has 0 saturated carbocycles. The van der Waals surface area contributed by atoms with Crippen LogP contribution in [0.1, 0.15) is 11.1 Å². The van der Waals surface area contributed by atoms with Crippen molar-refractivity contribution in [1.29, 1.82) is 0 Å². The number of rotatable bonds is 3. The van der Waals surface area contributed by atoms with E-state index < -0.39 is 0 Å². The van der Waals surface area contributed by atoms with Crippen LogP contribution in [-0.4, -0.2) is 11.0 Å². The zero-order chi connectivity index (χ0) is 13.8. The molecular formula is C15H16N2O2. The Morgan fingerprint density at radius 3 is 2.53 bits per heavy atom. The van der Waals surface area contributed by atoms with Crippen LogP contribution in [0.5, 0.6) is 5.75 Å². The molecule has 0 aliphatic rings. The first-order valence-electron chi connectivity index (χ1n) is 5.98. The second-order valence-corrected chi connectivity index (χ2v) is 4.47. The molecule has 1 amide bonds. The van der Waals surface area contributed by atoms with E-state index in [1.165, 1.54) is 0 Å². The first kappa shape index (κ1) is 13.0. The molecule has 2 rings (SSSR count). The Morgan fingerprint density at radius 2 is 1.89 bits per heavy atom. The molecule has 4 nitrogen and oxygen atoms in total. The summed E-state index contributed by atoms with van der Waals surface area (Å²) in [5, 5.41) is 12.1. The number of aryl methyl sites for hydroxylation is 1. The number of hydrogen-bond acceptors (Lipinski definition) is 3. The van der Waals surface area contributed by atoms with Gasteiger partial charge in [0.25, 0.3) is 0 Å². The zero-order valence-corrected chi connectivity index (χ0v) is 10.7. The van der Waals surface area contributed by atoms with E-state index in [-0.39, 0.29) is 11.7 Å². The molecule has 2 aromatic rings. The van der Waals surface area contributed by atoms with Gasteiger partial charge in [-0.25, -0.2) is 0 Å². The molecule has 0 fully saturated rings. The summed E-state index contributed by atoms with van der Waals surface area (Å²) in [5.41, 5.74) is 8.71. The van der Waals surface area contributed by atoms with E-state index in [2.05, 4.69) is 5.32 Å². The average molecular weight is 256 g/mol. The van der Waals surface area contributed by atoms with Crippen molar-refractivity contribution in [3.05, 3.63) is 53.6 Å². The lowest BCUT2D eigenvalue weighted by molar-refractivity contribution is -0.115. The van der Waals surface area contributed by atoms with Crippen LogP contribution in [0.2, 0.25) is 0 Å². The van der Waals surface area contributed by atoms with Crippen LogP contribution in [-0.2, 0) is 11.2 Å². The highest BCUT2D eigenvalue weighted by molar-refractivity contribution is 5.93. The third-order valence-electron chi connectivity index (χ3n) is 2.83. The van der Waals surface area contributed by atoms with Gasteiger partial charge in [0, 0.05) is 11.4 Å². The highest BCUT2D eigenvalue weighted by Gasteiger charge is 2.06. The van der Waals surface area contributed by atoms with Crippen molar-refractivity contribution in [1.82, 2.24) is 0 Å². The molecule has 4 heteroatoms. The summed E-state index contributed by atoms with van der Waals surface area (Å²) in [4.78, 5) is 11.9. The molecule has 2 aromatic carbocycles. The second kappa shape index (κ2) is 5.44. The minimum absolute atomic E-state index is 0.0986. The fraction of sp³-hybridized carbons (Fsp3) is 0.133. The van der Waals surface area contributed by atoms with Crippen molar-refractivity contribution in [2.45, 2.75) is 13.3 Å². The van der Waals surface area contributed by atoms with Crippen LogP contribution in [0.4, 0.5) is 11.4 Å². The summed E-state index contributed by atoms with van der Waals surface area (Å²) in [5.74, 6) is 0.0904. The summed E-state index contributed by atoms with van der Waals surface area (Å²) < 4.78 is 0. The van der Waals surface area contributed by atoms with Crippen molar-refractivity contribution in [2.75, 3.05) is 11.1 Å². The molecule has 0 spiro atoms. The first-order chi connectivity index (χ1) is 9.04. The van der Waals surface area contributed by atoms with Crippen LogP contribution in [0.15, 0.2) is 42.5 Å². The molecular weight excluding hydrogens is 240 g/mol. The van der Waals surface area contributed by atoms with Crippen molar-refractivity contribution >= 4 is 17.3 Å². The zero-order valence-electron chi connectivity index (χ0n) is 10.7. The van der Waals surface area contributed by atoms with Crippen molar-refractivity contribution in [3.63, 3.8) is 0 Å². The molecule has 0 atom stereocenters. The molecule has 0 bridgehead atoms. The van der Waals surface area contributed by atoms with Gasteiger partial charge in [-0.3, -0.25) is 4.79 Å². The summed E-state index contributed by atoms with van der Waals surface area (Å²) >= 11 is 0. The molecule has 0 radical (unpaired) electrons. The lowest BCUT2D eigenvalue weighted by Gasteiger charge is -2.09. The largest absolute Gasteiger partial charge is 0.508 e. The first-order valence-corrected chi connectivity index (χ1v) is 5.98. The van der Waals surface area contributed by atoms with Gasteiger partial charge < -0.3 is 16.2 Å². The number of hydrogen-bond donors (Lipinski definition) is 3. The van der Waals surface area contributed by atoms with Gasteiger partial charge in [0.05, 0.1) is 6.42 Å². The molecule has 0 unspecified atom stereocenters. The number of aromatic hydroxyl groups is 1. The van der Waals surface area contributed by atoms with Crippen molar-refractivity contribution < 1.29 is 9.90 Å². The number of nitrogens with one attached hydrogen (secondary N) is 1. The molecule has 0 aromatic heterocycles. The molecule has 19 heavy (non-hydrogen) atoms. The van der Waals surface area contributed by atoms with Gasteiger partial charge in [0.15, 0.2) is 0 Å². The summed E-state index contributed by atoms with van der Waals surface area (Å²) in [6.45, 7) is 1.83. The number of nitrogen functional groups attached to an aromatic ring is 1. The van der Waals surface area contributed by atoms with E-state index >= 15 is 0 Å². The molecule has 98 valence electrons. The number of carbonyl (C=O) groups excluding carboxylic acids is 1. The van der Waals surface area contributed by atoms with E-state index in [0.717, 1.165) is 11.1 Å². The van der Waals surface area contributed by atoms with Gasteiger partial charge in [0.1, 0.15) is 5.75 Å². The molecule has 0 heterocycles. The monoisotopic (exact) mass is 256 g/mol. The van der Waals surface area contributed by atoms with Crippen LogP contribution in [0.3, 0.4) is 0 Å². The highest BCUT2D eigenvalue weighted by Crippen LogP contribution is 2.20. The molecule has 0 aliphatic heterocycles. The smallest absolute Gasteiger partial charge is 0.228 e. The fourth-order valence-electron chi connectivity index (χ4n) is 1.80. The quantitative estimate of drug-likeness (QED) is 0.583. The summed E-state index contributed by atoms with van der Waals surface area (Å²) in [6, 6.07) is 12.1. The van der Waals surface area contributed by atoms with E-state index in [1.807, 2.05) is 19.1 Å². The van der Waals surface area contributed by atoms with Gasteiger partial charge in [-0.05, 0) is 48.4 Å². The fourth-order valence-corrected chi connectivity index (χ4v) is 1.80. The third kappa shape index (κ3) is 3.48. The predicted octanol–water partition coefficient (Wildman–Crippen LogP) is 2.46. The van der Waals surface area contributed by atoms with Gasteiger partial charge in [-0.2, -0.15) is 0 Å².